The molecular weight excluding hydrogens is 489 g/mol. The van der Waals surface area contributed by atoms with Gasteiger partial charge in [-0.3, -0.25) is 4.90 Å². The molecule has 0 saturated carbocycles. The van der Waals surface area contributed by atoms with Crippen molar-refractivity contribution in [3.8, 4) is 5.75 Å². The van der Waals surface area contributed by atoms with E-state index in [9.17, 15) is 4.79 Å². The number of amides is 1. The SMILES string of the molecule is CCSNc1ccc(C2c3[nH]c4ccc(Cl)cc4c3CCN2C(=O)Oc2ccc(Cl)cc2)cc1. The molecule has 0 saturated heterocycles. The van der Waals surface area contributed by atoms with E-state index in [1.807, 2.05) is 30.3 Å². The fraction of sp³-hybridized carbons (Fsp3) is 0.192. The van der Waals surface area contributed by atoms with E-state index >= 15 is 0 Å². The van der Waals surface area contributed by atoms with Gasteiger partial charge >= 0.3 is 6.09 Å². The maximum absolute atomic E-state index is 13.3. The molecule has 34 heavy (non-hydrogen) atoms. The van der Waals surface area contributed by atoms with E-state index in [0.29, 0.717) is 28.8 Å². The fourth-order valence-electron chi connectivity index (χ4n) is 4.36. The summed E-state index contributed by atoms with van der Waals surface area (Å²) in [7, 11) is 0. The van der Waals surface area contributed by atoms with E-state index in [1.165, 1.54) is 5.56 Å². The lowest BCUT2D eigenvalue weighted by molar-refractivity contribution is 0.135. The van der Waals surface area contributed by atoms with Crippen molar-refractivity contribution >= 4 is 57.8 Å². The highest BCUT2D eigenvalue weighted by Crippen LogP contribution is 2.40. The molecule has 0 radical (unpaired) electrons. The molecular formula is C26H23Cl2N3O2S. The first-order valence-electron chi connectivity index (χ1n) is 11.0. The van der Waals surface area contributed by atoms with Crippen molar-refractivity contribution in [2.75, 3.05) is 17.0 Å². The fourth-order valence-corrected chi connectivity index (χ4v) is 5.10. The summed E-state index contributed by atoms with van der Waals surface area (Å²) >= 11 is 13.9. The topological polar surface area (TPSA) is 57.4 Å². The molecule has 0 bridgehead atoms. The largest absolute Gasteiger partial charge is 0.416 e. The molecule has 2 N–H and O–H groups in total. The molecule has 1 unspecified atom stereocenters. The van der Waals surface area contributed by atoms with Crippen LogP contribution in [-0.2, 0) is 6.42 Å². The number of carbonyl (C=O) groups excluding carboxylic acids is 1. The zero-order valence-corrected chi connectivity index (χ0v) is 20.8. The summed E-state index contributed by atoms with van der Waals surface area (Å²) in [6, 6.07) is 20.5. The van der Waals surface area contributed by atoms with Gasteiger partial charge in [0.1, 0.15) is 11.8 Å². The van der Waals surface area contributed by atoms with Crippen LogP contribution >= 0.6 is 35.1 Å². The molecule has 2 heterocycles. The average Bonchev–Trinajstić information content (AvgIpc) is 3.21. The standard InChI is InChI=1S/C26H23Cl2N3O2S/c1-2-34-30-19-8-3-16(4-9-19)25-24-21(22-15-18(28)7-12-23(22)29-24)13-14-31(25)26(32)33-20-10-5-17(27)6-11-20/h3-12,15,25,29-30H,2,13-14H2,1H3. The van der Waals surface area contributed by atoms with Crippen LogP contribution < -0.4 is 9.46 Å². The van der Waals surface area contributed by atoms with Gasteiger partial charge in [0.2, 0.25) is 0 Å². The smallest absolute Gasteiger partial charge is 0.410 e. The van der Waals surface area contributed by atoms with Gasteiger partial charge in [-0.05, 0) is 72.1 Å². The van der Waals surface area contributed by atoms with Crippen molar-refractivity contribution < 1.29 is 9.53 Å². The molecule has 1 atom stereocenters. The lowest BCUT2D eigenvalue weighted by Gasteiger charge is -2.35. The van der Waals surface area contributed by atoms with Crippen LogP contribution in [0.5, 0.6) is 5.75 Å². The number of hydrogen-bond donors (Lipinski definition) is 2. The molecule has 8 heteroatoms. The first-order valence-corrected chi connectivity index (χ1v) is 12.8. The first kappa shape index (κ1) is 23.0. The number of aromatic nitrogens is 1. The van der Waals surface area contributed by atoms with E-state index in [-0.39, 0.29) is 6.04 Å². The second-order valence-corrected chi connectivity index (χ2v) is 9.98. The molecule has 0 aliphatic carbocycles. The van der Waals surface area contributed by atoms with Crippen LogP contribution in [0.25, 0.3) is 10.9 Å². The third kappa shape index (κ3) is 4.58. The first-order chi connectivity index (χ1) is 16.5. The van der Waals surface area contributed by atoms with Crippen molar-refractivity contribution in [2.45, 2.75) is 19.4 Å². The zero-order chi connectivity index (χ0) is 23.7. The van der Waals surface area contributed by atoms with E-state index in [1.54, 1.807) is 41.1 Å². The molecule has 1 aliphatic rings. The molecule has 1 amide bonds. The summed E-state index contributed by atoms with van der Waals surface area (Å²) in [5, 5.41) is 2.38. The van der Waals surface area contributed by atoms with E-state index in [2.05, 4.69) is 28.8 Å². The summed E-state index contributed by atoms with van der Waals surface area (Å²) in [4.78, 5) is 18.7. The lowest BCUT2D eigenvalue weighted by atomic mass is 9.92. The predicted molar refractivity (Wildman–Crippen MR) is 141 cm³/mol. The second kappa shape index (κ2) is 9.82. The van der Waals surface area contributed by atoms with Crippen LogP contribution in [-0.4, -0.2) is 28.3 Å². The summed E-state index contributed by atoms with van der Waals surface area (Å²) in [5.41, 5.74) is 5.19. The number of ether oxygens (including phenoxy) is 1. The van der Waals surface area contributed by atoms with Gasteiger partial charge in [0.25, 0.3) is 0 Å². The maximum atomic E-state index is 13.3. The van der Waals surface area contributed by atoms with Crippen LogP contribution in [0.4, 0.5) is 10.5 Å². The molecule has 0 fully saturated rings. The number of carbonyl (C=O) groups is 1. The van der Waals surface area contributed by atoms with Gasteiger partial charge in [-0.15, -0.1) is 0 Å². The highest BCUT2D eigenvalue weighted by Gasteiger charge is 2.35. The van der Waals surface area contributed by atoms with Crippen molar-refractivity contribution in [3.05, 3.63) is 93.6 Å². The molecule has 0 spiro atoms. The number of H-pyrrole nitrogens is 1. The zero-order valence-electron chi connectivity index (χ0n) is 18.5. The number of anilines is 1. The molecule has 1 aromatic heterocycles. The Bertz CT molecular complexity index is 1320. The minimum absolute atomic E-state index is 0.317. The molecule has 3 aromatic carbocycles. The van der Waals surface area contributed by atoms with Gasteiger partial charge in [-0.2, -0.15) is 0 Å². The van der Waals surface area contributed by atoms with Gasteiger partial charge in [0.05, 0.1) is 0 Å². The highest BCUT2D eigenvalue weighted by molar-refractivity contribution is 8.00. The Balaban J connectivity index is 1.53. The summed E-state index contributed by atoms with van der Waals surface area (Å²) in [5.74, 6) is 1.42. The third-order valence-corrected chi connectivity index (χ3v) is 7.06. The van der Waals surface area contributed by atoms with Crippen LogP contribution in [0.3, 0.4) is 0 Å². The minimum Gasteiger partial charge on any atom is -0.410 e. The van der Waals surface area contributed by atoms with Gasteiger partial charge in [0.15, 0.2) is 0 Å². The van der Waals surface area contributed by atoms with Gasteiger partial charge in [0, 0.05) is 44.6 Å². The van der Waals surface area contributed by atoms with Gasteiger partial charge < -0.3 is 14.4 Å². The summed E-state index contributed by atoms with van der Waals surface area (Å²) < 4.78 is 9.04. The Labute approximate surface area is 212 Å². The number of halogens is 2. The Morgan fingerprint density at radius 1 is 1.09 bits per heavy atom. The maximum Gasteiger partial charge on any atom is 0.416 e. The number of rotatable bonds is 5. The van der Waals surface area contributed by atoms with Crippen LogP contribution in [0.2, 0.25) is 10.0 Å². The van der Waals surface area contributed by atoms with Crippen molar-refractivity contribution in [2.24, 2.45) is 0 Å². The average molecular weight is 512 g/mol. The third-order valence-electron chi connectivity index (χ3n) is 5.90. The summed E-state index contributed by atoms with van der Waals surface area (Å²) in [6.07, 6.45) is 0.299. The Hall–Kier alpha value is -2.80. The van der Waals surface area contributed by atoms with Gasteiger partial charge in [-0.25, -0.2) is 4.79 Å². The second-order valence-electron chi connectivity index (χ2n) is 8.03. The molecule has 174 valence electrons. The molecule has 5 nitrogen and oxygen atoms in total. The van der Waals surface area contributed by atoms with E-state index in [0.717, 1.165) is 33.6 Å². The normalized spacial score (nSPS) is 15.3. The monoisotopic (exact) mass is 511 g/mol. The minimum atomic E-state index is -0.404. The van der Waals surface area contributed by atoms with Crippen LogP contribution in [0.15, 0.2) is 66.7 Å². The molecule has 4 aromatic rings. The van der Waals surface area contributed by atoms with Crippen molar-refractivity contribution in [1.82, 2.24) is 9.88 Å². The Morgan fingerprint density at radius 2 is 1.82 bits per heavy atom. The van der Waals surface area contributed by atoms with Crippen LogP contribution in [0.1, 0.15) is 29.8 Å². The number of fused-ring (bicyclic) bond motifs is 3. The lowest BCUT2D eigenvalue weighted by Crippen LogP contribution is -2.42. The quantitative estimate of drug-likeness (QED) is 0.269. The predicted octanol–water partition coefficient (Wildman–Crippen LogP) is 7.70. The van der Waals surface area contributed by atoms with E-state index < -0.39 is 6.09 Å². The molecule has 5 rings (SSSR count). The van der Waals surface area contributed by atoms with Crippen molar-refractivity contribution in [1.29, 1.82) is 0 Å². The Morgan fingerprint density at radius 3 is 2.56 bits per heavy atom. The number of aromatic amines is 1. The number of benzene rings is 3. The number of hydrogen-bond acceptors (Lipinski definition) is 4. The summed E-state index contributed by atoms with van der Waals surface area (Å²) in [6.45, 7) is 2.62. The van der Waals surface area contributed by atoms with Gasteiger partial charge in [-0.1, -0.05) is 54.2 Å². The van der Waals surface area contributed by atoms with Crippen LogP contribution in [0, 0.1) is 0 Å². The molecule has 1 aliphatic heterocycles. The highest BCUT2D eigenvalue weighted by atomic mass is 35.5. The van der Waals surface area contributed by atoms with E-state index in [4.69, 9.17) is 27.9 Å². The Kier molecular flexibility index (Phi) is 6.63. The van der Waals surface area contributed by atoms with Crippen molar-refractivity contribution in [3.63, 3.8) is 0 Å². The number of nitrogens with one attached hydrogen (secondary N) is 2. The number of nitrogens with zero attached hydrogens (tertiary/aromatic N) is 1.